The molecule has 0 aromatic carbocycles. The molecule has 1 aliphatic heterocycles. The molecule has 0 saturated carbocycles. The second-order valence-corrected chi connectivity index (χ2v) is 11.3. The Morgan fingerprint density at radius 1 is 1.16 bits per heavy atom. The first kappa shape index (κ1) is 29.4. The lowest BCUT2D eigenvalue weighted by Gasteiger charge is -2.40. The Morgan fingerprint density at radius 2 is 1.91 bits per heavy atom. The fourth-order valence-electron chi connectivity index (χ4n) is 5.75. The maximum Gasteiger partial charge on any atom is 0.355 e. The number of amides is 1. The van der Waals surface area contributed by atoms with Gasteiger partial charge in [-0.3, -0.25) is 14.6 Å². The van der Waals surface area contributed by atoms with Gasteiger partial charge in [-0.05, 0) is 56.5 Å². The number of rotatable bonds is 5. The van der Waals surface area contributed by atoms with Crippen LogP contribution < -0.4 is 16.1 Å². The van der Waals surface area contributed by atoms with E-state index in [2.05, 4.69) is 22.6 Å². The molecule has 0 aliphatic carbocycles. The van der Waals surface area contributed by atoms with Gasteiger partial charge in [0.2, 0.25) is 5.91 Å². The van der Waals surface area contributed by atoms with Crippen molar-refractivity contribution in [2.75, 3.05) is 24.5 Å². The SMILES string of the molecule is C=CC(=O)N1CCN(c2nc(=O)n(-c3c(C)ccnc3C(C)C)c3nc(-c4cc(C)c(=O)n(C)c4)c(C#N)cc23)C(C)C1. The number of pyridine rings is 3. The van der Waals surface area contributed by atoms with Crippen LogP contribution in [-0.2, 0) is 11.8 Å². The fourth-order valence-corrected chi connectivity index (χ4v) is 5.75. The number of nitriles is 1. The van der Waals surface area contributed by atoms with Crippen LogP contribution in [0, 0.1) is 25.2 Å². The number of fused-ring (bicyclic) bond motifs is 1. The summed E-state index contributed by atoms with van der Waals surface area (Å²) in [5.41, 5.74) is 3.49. The van der Waals surface area contributed by atoms with Crippen LogP contribution in [0.25, 0.3) is 28.0 Å². The number of piperazine rings is 1. The van der Waals surface area contributed by atoms with Crippen LogP contribution in [-0.4, -0.2) is 60.6 Å². The number of aryl methyl sites for hydroxylation is 3. The Balaban J connectivity index is 1.86. The maximum atomic E-state index is 14.1. The number of carbonyl (C=O) groups excluding carboxylic acids is 1. The summed E-state index contributed by atoms with van der Waals surface area (Å²) in [5.74, 6) is 0.240. The van der Waals surface area contributed by atoms with Gasteiger partial charge in [-0.25, -0.2) is 14.3 Å². The van der Waals surface area contributed by atoms with Gasteiger partial charge in [0.25, 0.3) is 5.56 Å². The van der Waals surface area contributed by atoms with E-state index in [4.69, 9.17) is 4.98 Å². The van der Waals surface area contributed by atoms with Crippen LogP contribution in [0.5, 0.6) is 0 Å². The smallest absolute Gasteiger partial charge is 0.350 e. The number of aromatic nitrogens is 5. The first-order valence-electron chi connectivity index (χ1n) is 14.2. The van der Waals surface area contributed by atoms with E-state index >= 15 is 0 Å². The lowest BCUT2D eigenvalue weighted by Crippen LogP contribution is -2.54. The standard InChI is InChI=1S/C32H34N8O3/c1-8-25(41)38-11-12-39(21(6)16-38)29-24-14-22(15-33)27(23-13-20(5)31(42)37(7)17-23)35-30(24)40(32(43)36-29)28-19(4)9-10-34-26(28)18(2)3/h8-10,13-14,17-18,21H,1,11-12,16H2,2-7H3. The van der Waals surface area contributed by atoms with Gasteiger partial charge in [0.1, 0.15) is 11.9 Å². The van der Waals surface area contributed by atoms with E-state index in [1.807, 2.05) is 38.7 Å². The number of nitrogens with zero attached hydrogens (tertiary/aromatic N) is 8. The summed E-state index contributed by atoms with van der Waals surface area (Å²) in [6, 6.07) is 7.35. The van der Waals surface area contributed by atoms with Crippen LogP contribution in [0.4, 0.5) is 5.82 Å². The van der Waals surface area contributed by atoms with Crippen LogP contribution in [0.2, 0.25) is 0 Å². The third-order valence-electron chi connectivity index (χ3n) is 7.91. The zero-order valence-electron chi connectivity index (χ0n) is 25.2. The Kier molecular flexibility index (Phi) is 7.71. The van der Waals surface area contributed by atoms with Crippen molar-refractivity contribution in [3.05, 3.63) is 86.5 Å². The predicted octanol–water partition coefficient (Wildman–Crippen LogP) is 3.38. The average Bonchev–Trinajstić information content (AvgIpc) is 2.98. The minimum absolute atomic E-state index is 0.00354. The fraction of sp³-hybridized carbons (Fsp3) is 0.344. The largest absolute Gasteiger partial charge is 0.355 e. The van der Waals surface area contributed by atoms with Gasteiger partial charge in [0.05, 0.1) is 28.0 Å². The van der Waals surface area contributed by atoms with Crippen molar-refractivity contribution in [1.29, 1.82) is 5.26 Å². The molecule has 0 radical (unpaired) electrons. The molecule has 5 heterocycles. The molecule has 1 fully saturated rings. The van der Waals surface area contributed by atoms with Crippen molar-refractivity contribution < 1.29 is 4.79 Å². The van der Waals surface area contributed by atoms with E-state index in [1.165, 1.54) is 15.2 Å². The zero-order chi connectivity index (χ0) is 31.2. The van der Waals surface area contributed by atoms with Gasteiger partial charge in [0.15, 0.2) is 5.65 Å². The lowest BCUT2D eigenvalue weighted by molar-refractivity contribution is -0.126. The highest BCUT2D eigenvalue weighted by Crippen LogP contribution is 2.33. The van der Waals surface area contributed by atoms with E-state index in [9.17, 15) is 19.6 Å². The molecule has 0 bridgehead atoms. The van der Waals surface area contributed by atoms with E-state index in [0.29, 0.717) is 64.7 Å². The molecule has 220 valence electrons. The summed E-state index contributed by atoms with van der Waals surface area (Å²) >= 11 is 0. The molecule has 5 rings (SSSR count). The Labute approximate surface area is 249 Å². The molecule has 11 heteroatoms. The van der Waals surface area contributed by atoms with Crippen molar-refractivity contribution in [2.45, 2.75) is 46.6 Å². The first-order valence-corrected chi connectivity index (χ1v) is 14.2. The molecule has 11 nitrogen and oxygen atoms in total. The molecule has 1 saturated heterocycles. The third-order valence-corrected chi connectivity index (χ3v) is 7.91. The summed E-state index contributed by atoms with van der Waals surface area (Å²) in [7, 11) is 1.65. The first-order chi connectivity index (χ1) is 20.5. The minimum atomic E-state index is -0.530. The van der Waals surface area contributed by atoms with Crippen molar-refractivity contribution >= 4 is 22.8 Å². The number of carbonyl (C=O) groups is 1. The number of hydrogen-bond acceptors (Lipinski definition) is 8. The van der Waals surface area contributed by atoms with Crippen LogP contribution in [0.1, 0.15) is 49.1 Å². The van der Waals surface area contributed by atoms with Crippen LogP contribution >= 0.6 is 0 Å². The molecule has 1 unspecified atom stereocenters. The summed E-state index contributed by atoms with van der Waals surface area (Å²) in [5, 5.41) is 10.8. The molecule has 4 aromatic heterocycles. The number of hydrogen-bond donors (Lipinski definition) is 0. The molecule has 43 heavy (non-hydrogen) atoms. The normalized spacial score (nSPS) is 15.2. The predicted molar refractivity (Wildman–Crippen MR) is 165 cm³/mol. The molecule has 0 N–H and O–H groups in total. The third kappa shape index (κ3) is 5.09. The van der Waals surface area contributed by atoms with Gasteiger partial charge in [0, 0.05) is 56.2 Å². The molecular formula is C32H34N8O3. The molecule has 1 aliphatic rings. The summed E-state index contributed by atoms with van der Waals surface area (Å²) < 4.78 is 2.94. The van der Waals surface area contributed by atoms with Gasteiger partial charge in [-0.15, -0.1) is 0 Å². The lowest BCUT2D eigenvalue weighted by atomic mass is 10.0. The molecular weight excluding hydrogens is 544 g/mol. The maximum absolute atomic E-state index is 14.1. The van der Waals surface area contributed by atoms with Crippen molar-refractivity contribution in [1.82, 2.24) is 29.0 Å². The highest BCUT2D eigenvalue weighted by atomic mass is 16.2. The molecule has 1 atom stereocenters. The van der Waals surface area contributed by atoms with Crippen LogP contribution in [0.15, 0.2) is 52.8 Å². The van der Waals surface area contributed by atoms with Gasteiger partial charge in [-0.2, -0.15) is 10.2 Å². The summed E-state index contributed by atoms with van der Waals surface area (Å²) in [6.45, 7) is 14.5. The Morgan fingerprint density at radius 3 is 2.53 bits per heavy atom. The van der Waals surface area contributed by atoms with E-state index in [0.717, 1.165) is 5.56 Å². The molecule has 1 amide bonds. The second-order valence-electron chi connectivity index (χ2n) is 11.3. The van der Waals surface area contributed by atoms with Crippen molar-refractivity contribution in [3.63, 3.8) is 0 Å². The second kappa shape index (κ2) is 11.3. The Hall–Kier alpha value is -5.11. The monoisotopic (exact) mass is 578 g/mol. The van der Waals surface area contributed by atoms with Crippen molar-refractivity contribution in [2.24, 2.45) is 7.05 Å². The van der Waals surface area contributed by atoms with Gasteiger partial charge < -0.3 is 14.4 Å². The highest BCUT2D eigenvalue weighted by molar-refractivity contribution is 5.92. The zero-order valence-corrected chi connectivity index (χ0v) is 25.2. The topological polar surface area (TPSA) is 130 Å². The average molecular weight is 579 g/mol. The summed E-state index contributed by atoms with van der Waals surface area (Å²) in [4.78, 5) is 56.7. The van der Waals surface area contributed by atoms with Gasteiger partial charge >= 0.3 is 5.69 Å². The van der Waals surface area contributed by atoms with Crippen molar-refractivity contribution in [3.8, 4) is 23.0 Å². The highest BCUT2D eigenvalue weighted by Gasteiger charge is 2.30. The summed E-state index contributed by atoms with van der Waals surface area (Å²) in [6.07, 6.45) is 4.65. The van der Waals surface area contributed by atoms with E-state index in [-0.39, 0.29) is 29.0 Å². The quantitative estimate of drug-likeness (QED) is 0.330. The van der Waals surface area contributed by atoms with Crippen LogP contribution in [0.3, 0.4) is 0 Å². The molecule has 4 aromatic rings. The minimum Gasteiger partial charge on any atom is -0.350 e. The van der Waals surface area contributed by atoms with Gasteiger partial charge in [-0.1, -0.05) is 20.4 Å². The molecule has 0 spiro atoms. The number of anilines is 1. The van der Waals surface area contributed by atoms with E-state index in [1.54, 1.807) is 43.4 Å². The Bertz CT molecular complexity index is 1920. The van der Waals surface area contributed by atoms with E-state index < -0.39 is 5.69 Å².